The van der Waals surface area contributed by atoms with E-state index in [2.05, 4.69) is 11.8 Å². The monoisotopic (exact) mass is 251 g/mol. The van der Waals surface area contributed by atoms with Crippen LogP contribution in [0.5, 0.6) is 5.75 Å². The maximum absolute atomic E-state index is 13.3. The highest BCUT2D eigenvalue weighted by Gasteiger charge is 2.27. The molecule has 1 aliphatic rings. The zero-order valence-corrected chi connectivity index (χ0v) is 10.6. The number of carbonyl (C=O) groups excluding carboxylic acids is 1. The summed E-state index contributed by atoms with van der Waals surface area (Å²) in [6.07, 6.45) is 3.05. The lowest BCUT2D eigenvalue weighted by atomic mass is 10.1. The van der Waals surface area contributed by atoms with E-state index in [0.29, 0.717) is 12.0 Å². The van der Waals surface area contributed by atoms with Crippen LogP contribution in [0.25, 0.3) is 0 Å². The van der Waals surface area contributed by atoms with Gasteiger partial charge in [-0.15, -0.1) is 0 Å². The highest BCUT2D eigenvalue weighted by Crippen LogP contribution is 2.20. The number of unbranched alkanes of at least 4 members (excludes halogenated alkanes) is 1. The molecule has 0 bridgehead atoms. The summed E-state index contributed by atoms with van der Waals surface area (Å²) < 4.78 is 19.0. The fourth-order valence-corrected chi connectivity index (χ4v) is 2.03. The lowest BCUT2D eigenvalue weighted by Crippen LogP contribution is -2.53. The van der Waals surface area contributed by atoms with E-state index in [9.17, 15) is 9.18 Å². The van der Waals surface area contributed by atoms with Gasteiger partial charge in [0.2, 0.25) is 0 Å². The fraction of sp³-hybridized carbons (Fsp3) is 0.500. The minimum Gasteiger partial charge on any atom is -0.488 e. The van der Waals surface area contributed by atoms with Crippen LogP contribution in [-0.2, 0) is 0 Å². The van der Waals surface area contributed by atoms with E-state index in [-0.39, 0.29) is 11.7 Å². The molecule has 0 radical (unpaired) electrons. The van der Waals surface area contributed by atoms with Crippen molar-refractivity contribution in [3.63, 3.8) is 0 Å². The Morgan fingerprint density at radius 3 is 2.89 bits per heavy atom. The van der Waals surface area contributed by atoms with Gasteiger partial charge in [-0.1, -0.05) is 13.3 Å². The molecule has 0 unspecified atom stereocenters. The van der Waals surface area contributed by atoms with Gasteiger partial charge >= 0.3 is 0 Å². The molecule has 1 heterocycles. The Bertz CT molecular complexity index is 416. The zero-order chi connectivity index (χ0) is 13.0. The van der Waals surface area contributed by atoms with Crippen LogP contribution in [0.15, 0.2) is 18.2 Å². The number of benzene rings is 1. The molecule has 4 heteroatoms. The third-order valence-corrected chi connectivity index (χ3v) is 3.15. The fourth-order valence-electron chi connectivity index (χ4n) is 2.03. The van der Waals surface area contributed by atoms with E-state index in [0.717, 1.165) is 19.6 Å². The number of aldehydes is 1. The maximum atomic E-state index is 13.3. The minimum atomic E-state index is -0.523. The first kappa shape index (κ1) is 13.0. The molecule has 0 N–H and O–H groups in total. The van der Waals surface area contributed by atoms with Crippen LogP contribution in [0.1, 0.15) is 30.1 Å². The number of carbonyl (C=O) groups is 1. The molecule has 3 nitrogen and oxygen atoms in total. The second kappa shape index (κ2) is 5.96. The highest BCUT2D eigenvalue weighted by atomic mass is 19.1. The lowest BCUT2D eigenvalue weighted by molar-refractivity contribution is 0.0192. The number of ether oxygens (including phenoxy) is 1. The van der Waals surface area contributed by atoms with Crippen LogP contribution < -0.4 is 4.74 Å². The van der Waals surface area contributed by atoms with E-state index >= 15 is 0 Å². The Hall–Kier alpha value is -1.42. The zero-order valence-electron chi connectivity index (χ0n) is 10.6. The average molecular weight is 251 g/mol. The molecule has 0 saturated carbocycles. The largest absolute Gasteiger partial charge is 0.488 e. The first-order valence-electron chi connectivity index (χ1n) is 6.36. The van der Waals surface area contributed by atoms with Gasteiger partial charge in [0.1, 0.15) is 17.7 Å². The van der Waals surface area contributed by atoms with Crippen LogP contribution >= 0.6 is 0 Å². The Morgan fingerprint density at radius 1 is 1.50 bits per heavy atom. The van der Waals surface area contributed by atoms with Crippen molar-refractivity contribution in [1.82, 2.24) is 4.90 Å². The molecule has 1 aromatic rings. The first-order valence-corrected chi connectivity index (χ1v) is 6.36. The third kappa shape index (κ3) is 3.07. The van der Waals surface area contributed by atoms with Crippen molar-refractivity contribution in [2.45, 2.75) is 25.9 Å². The van der Waals surface area contributed by atoms with E-state index in [1.54, 1.807) is 6.07 Å². The van der Waals surface area contributed by atoms with Gasteiger partial charge in [0.05, 0.1) is 5.56 Å². The first-order chi connectivity index (χ1) is 8.72. The molecular weight excluding hydrogens is 233 g/mol. The van der Waals surface area contributed by atoms with Crippen LogP contribution in [-0.4, -0.2) is 36.9 Å². The van der Waals surface area contributed by atoms with E-state index in [1.807, 2.05) is 0 Å². The minimum absolute atomic E-state index is 0.0699. The van der Waals surface area contributed by atoms with E-state index < -0.39 is 5.82 Å². The summed E-state index contributed by atoms with van der Waals surface area (Å²) in [5.74, 6) is -0.0251. The van der Waals surface area contributed by atoms with Crippen LogP contribution in [0, 0.1) is 5.82 Å². The molecule has 0 atom stereocenters. The van der Waals surface area contributed by atoms with Gasteiger partial charge in [0.25, 0.3) is 0 Å². The van der Waals surface area contributed by atoms with Gasteiger partial charge in [-0.2, -0.15) is 0 Å². The van der Waals surface area contributed by atoms with Crippen LogP contribution in [0.3, 0.4) is 0 Å². The Kier molecular flexibility index (Phi) is 4.31. The summed E-state index contributed by atoms with van der Waals surface area (Å²) in [6.45, 7) is 5.08. The Balaban J connectivity index is 1.81. The molecule has 2 rings (SSSR count). The number of halogens is 1. The molecule has 98 valence electrons. The molecule has 1 fully saturated rings. The van der Waals surface area contributed by atoms with Crippen molar-refractivity contribution in [3.05, 3.63) is 29.6 Å². The summed E-state index contributed by atoms with van der Waals surface area (Å²) >= 11 is 0. The molecule has 0 aliphatic carbocycles. The number of nitrogens with zero attached hydrogens (tertiary/aromatic N) is 1. The summed E-state index contributed by atoms with van der Waals surface area (Å²) in [7, 11) is 0. The van der Waals surface area contributed by atoms with Crippen molar-refractivity contribution in [2.75, 3.05) is 19.6 Å². The number of hydrogen-bond acceptors (Lipinski definition) is 3. The van der Waals surface area contributed by atoms with E-state index in [4.69, 9.17) is 4.74 Å². The molecule has 18 heavy (non-hydrogen) atoms. The van der Waals surface area contributed by atoms with Gasteiger partial charge in [0, 0.05) is 19.2 Å². The smallest absolute Gasteiger partial charge is 0.152 e. The lowest BCUT2D eigenvalue weighted by Gasteiger charge is -2.39. The van der Waals surface area contributed by atoms with Crippen LogP contribution in [0.2, 0.25) is 0 Å². The molecule has 0 spiro atoms. The Labute approximate surface area is 107 Å². The summed E-state index contributed by atoms with van der Waals surface area (Å²) in [5.41, 5.74) is 0.0699. The predicted molar refractivity (Wildman–Crippen MR) is 67.6 cm³/mol. The van der Waals surface area contributed by atoms with Crippen molar-refractivity contribution in [1.29, 1.82) is 0 Å². The molecule has 0 amide bonds. The second-order valence-electron chi connectivity index (χ2n) is 4.65. The maximum Gasteiger partial charge on any atom is 0.152 e. The van der Waals surface area contributed by atoms with E-state index in [1.165, 1.54) is 25.0 Å². The predicted octanol–water partition coefficient (Wildman–Crippen LogP) is 2.50. The molecule has 0 aromatic heterocycles. The van der Waals surface area contributed by atoms with Crippen LogP contribution in [0.4, 0.5) is 4.39 Å². The average Bonchev–Trinajstić information content (AvgIpc) is 2.32. The summed E-state index contributed by atoms with van der Waals surface area (Å²) in [6, 6.07) is 4.37. The van der Waals surface area contributed by atoms with Gasteiger partial charge < -0.3 is 4.74 Å². The number of likely N-dealkylation sites (tertiary alicyclic amines) is 1. The quantitative estimate of drug-likeness (QED) is 0.727. The van der Waals surface area contributed by atoms with Crippen molar-refractivity contribution in [3.8, 4) is 5.75 Å². The van der Waals surface area contributed by atoms with Gasteiger partial charge in [-0.25, -0.2) is 4.39 Å². The molecule has 1 aliphatic heterocycles. The SMILES string of the molecule is CCCCN1CC(Oc2ccc(C=O)c(F)c2)C1. The van der Waals surface area contributed by atoms with Gasteiger partial charge in [-0.05, 0) is 25.1 Å². The third-order valence-electron chi connectivity index (χ3n) is 3.15. The highest BCUT2D eigenvalue weighted by molar-refractivity contribution is 5.75. The topological polar surface area (TPSA) is 29.5 Å². The van der Waals surface area contributed by atoms with Crippen molar-refractivity contribution < 1.29 is 13.9 Å². The second-order valence-corrected chi connectivity index (χ2v) is 4.65. The molecule has 1 saturated heterocycles. The van der Waals surface area contributed by atoms with Gasteiger partial charge in [-0.3, -0.25) is 9.69 Å². The van der Waals surface area contributed by atoms with Crippen molar-refractivity contribution >= 4 is 6.29 Å². The van der Waals surface area contributed by atoms with Crippen molar-refractivity contribution in [2.24, 2.45) is 0 Å². The molecular formula is C14H18FNO2. The number of hydrogen-bond donors (Lipinski definition) is 0. The standard InChI is InChI=1S/C14H18FNO2/c1-2-3-6-16-8-13(9-16)18-12-5-4-11(10-17)14(15)7-12/h4-5,7,10,13H,2-3,6,8-9H2,1H3. The summed E-state index contributed by atoms with van der Waals surface area (Å²) in [4.78, 5) is 12.8. The van der Waals surface area contributed by atoms with Gasteiger partial charge in [0.15, 0.2) is 6.29 Å². The normalized spacial score (nSPS) is 16.3. The summed E-state index contributed by atoms with van der Waals surface area (Å²) in [5, 5.41) is 0. The number of rotatable bonds is 6. The molecule has 1 aromatic carbocycles. The Morgan fingerprint density at radius 2 is 2.28 bits per heavy atom.